The van der Waals surface area contributed by atoms with E-state index >= 15 is 0 Å². The van der Waals surface area contributed by atoms with E-state index in [0.717, 1.165) is 24.5 Å². The van der Waals surface area contributed by atoms with E-state index in [1.807, 2.05) is 27.7 Å². The van der Waals surface area contributed by atoms with Gasteiger partial charge in [0.1, 0.15) is 11.5 Å². The lowest BCUT2D eigenvalue weighted by atomic mass is 9.76. The summed E-state index contributed by atoms with van der Waals surface area (Å²) in [5.41, 5.74) is 0.563. The quantitative estimate of drug-likeness (QED) is 0.918. The van der Waals surface area contributed by atoms with Gasteiger partial charge in [-0.05, 0) is 45.7 Å². The molecule has 1 aromatic heterocycles. The fourth-order valence-electron chi connectivity index (χ4n) is 3.35. The monoisotopic (exact) mass is 279 g/mol. The van der Waals surface area contributed by atoms with Gasteiger partial charge >= 0.3 is 5.97 Å². The summed E-state index contributed by atoms with van der Waals surface area (Å²) in [6.07, 6.45) is 0.722. The lowest BCUT2D eigenvalue weighted by molar-refractivity contribution is -0.151. The predicted molar refractivity (Wildman–Crippen MR) is 77.7 cm³/mol. The van der Waals surface area contributed by atoms with Crippen LogP contribution < -0.4 is 0 Å². The van der Waals surface area contributed by atoms with Crippen molar-refractivity contribution in [3.8, 4) is 0 Å². The molecule has 112 valence electrons. The number of rotatable bonds is 4. The lowest BCUT2D eigenvalue weighted by Gasteiger charge is -2.30. The number of carbonyl (C=O) groups is 1. The maximum atomic E-state index is 11.7. The summed E-state index contributed by atoms with van der Waals surface area (Å²) in [6, 6.07) is 2.27. The molecule has 0 saturated carbocycles. The minimum Gasteiger partial charge on any atom is -0.481 e. The van der Waals surface area contributed by atoms with E-state index in [1.165, 1.54) is 5.56 Å². The second-order valence-electron chi connectivity index (χ2n) is 6.38. The van der Waals surface area contributed by atoms with Crippen molar-refractivity contribution in [2.45, 2.75) is 47.1 Å². The molecule has 2 rings (SSSR count). The van der Waals surface area contributed by atoms with Gasteiger partial charge in [-0.3, -0.25) is 9.69 Å². The zero-order valence-electron chi connectivity index (χ0n) is 13.1. The number of hydrogen-bond acceptors (Lipinski definition) is 3. The van der Waals surface area contributed by atoms with Crippen LogP contribution in [0.5, 0.6) is 0 Å². The fraction of sp³-hybridized carbons (Fsp3) is 0.688. The molecule has 0 aromatic carbocycles. The van der Waals surface area contributed by atoms with Gasteiger partial charge in [0.15, 0.2) is 0 Å². The van der Waals surface area contributed by atoms with Gasteiger partial charge in [0.2, 0.25) is 0 Å². The molecule has 0 radical (unpaired) electrons. The second-order valence-corrected chi connectivity index (χ2v) is 6.38. The highest BCUT2D eigenvalue weighted by molar-refractivity contribution is 5.75. The maximum Gasteiger partial charge on any atom is 0.311 e. The summed E-state index contributed by atoms with van der Waals surface area (Å²) in [5, 5.41) is 9.62. The van der Waals surface area contributed by atoms with Crippen molar-refractivity contribution in [1.82, 2.24) is 4.90 Å². The Morgan fingerprint density at radius 2 is 2.05 bits per heavy atom. The van der Waals surface area contributed by atoms with Crippen LogP contribution in [0.25, 0.3) is 0 Å². The van der Waals surface area contributed by atoms with Crippen molar-refractivity contribution in [3.63, 3.8) is 0 Å². The molecule has 1 aliphatic heterocycles. The Morgan fingerprint density at radius 3 is 2.45 bits per heavy atom. The molecule has 1 fully saturated rings. The predicted octanol–water partition coefficient (Wildman–Crippen LogP) is 3.39. The smallest absolute Gasteiger partial charge is 0.311 e. The summed E-state index contributed by atoms with van der Waals surface area (Å²) in [6.45, 7) is 11.5. The first-order valence-corrected chi connectivity index (χ1v) is 7.32. The number of aliphatic carboxylic acids is 1. The molecule has 2 heterocycles. The van der Waals surface area contributed by atoms with E-state index in [1.54, 1.807) is 0 Å². The number of aryl methyl sites for hydroxylation is 2. The molecule has 2 unspecified atom stereocenters. The van der Waals surface area contributed by atoms with Crippen LogP contribution >= 0.6 is 0 Å². The number of carboxylic acids is 1. The zero-order chi connectivity index (χ0) is 15.1. The average molecular weight is 279 g/mol. The van der Waals surface area contributed by atoms with Crippen molar-refractivity contribution in [1.29, 1.82) is 0 Å². The SMILES string of the molecule is Cc1cc(C(C)N2CCC(C(=O)O)(C(C)C)C2)c(C)o1. The van der Waals surface area contributed by atoms with Crippen molar-refractivity contribution < 1.29 is 14.3 Å². The zero-order valence-corrected chi connectivity index (χ0v) is 13.1. The number of hydrogen-bond donors (Lipinski definition) is 1. The summed E-state index contributed by atoms with van der Waals surface area (Å²) in [4.78, 5) is 14.0. The Kier molecular flexibility index (Phi) is 3.96. The summed E-state index contributed by atoms with van der Waals surface area (Å²) in [5.74, 6) is 1.33. The normalized spacial score (nSPS) is 25.3. The topological polar surface area (TPSA) is 53.7 Å². The number of likely N-dealkylation sites (tertiary alicyclic amines) is 1. The summed E-state index contributed by atoms with van der Waals surface area (Å²) >= 11 is 0. The minimum absolute atomic E-state index is 0.143. The highest BCUT2D eigenvalue weighted by Crippen LogP contribution is 2.41. The molecule has 1 aromatic rings. The van der Waals surface area contributed by atoms with E-state index in [4.69, 9.17) is 4.42 Å². The van der Waals surface area contributed by atoms with Crippen molar-refractivity contribution in [2.75, 3.05) is 13.1 Å². The van der Waals surface area contributed by atoms with Gasteiger partial charge in [-0.15, -0.1) is 0 Å². The van der Waals surface area contributed by atoms with E-state index in [0.29, 0.717) is 6.54 Å². The van der Waals surface area contributed by atoms with Gasteiger partial charge in [-0.1, -0.05) is 13.8 Å². The van der Waals surface area contributed by atoms with Crippen LogP contribution in [0.4, 0.5) is 0 Å². The van der Waals surface area contributed by atoms with Crippen molar-refractivity contribution in [2.24, 2.45) is 11.3 Å². The average Bonchev–Trinajstić information content (AvgIpc) is 2.93. The highest BCUT2D eigenvalue weighted by Gasteiger charge is 2.48. The van der Waals surface area contributed by atoms with E-state index in [9.17, 15) is 9.90 Å². The van der Waals surface area contributed by atoms with Crippen molar-refractivity contribution in [3.05, 3.63) is 23.2 Å². The first-order chi connectivity index (χ1) is 9.28. The molecule has 1 aliphatic rings. The third-order valence-electron chi connectivity index (χ3n) is 4.94. The Balaban J connectivity index is 2.20. The first kappa shape index (κ1) is 15.1. The van der Waals surface area contributed by atoms with Crippen LogP contribution in [-0.2, 0) is 4.79 Å². The van der Waals surface area contributed by atoms with Crippen LogP contribution in [0.1, 0.15) is 50.3 Å². The van der Waals surface area contributed by atoms with Gasteiger partial charge in [0, 0.05) is 18.2 Å². The molecule has 4 heteroatoms. The van der Waals surface area contributed by atoms with Gasteiger partial charge in [-0.25, -0.2) is 0 Å². The molecule has 20 heavy (non-hydrogen) atoms. The summed E-state index contributed by atoms with van der Waals surface area (Å²) in [7, 11) is 0. The van der Waals surface area contributed by atoms with Gasteiger partial charge in [0.25, 0.3) is 0 Å². The number of nitrogens with zero attached hydrogens (tertiary/aromatic N) is 1. The van der Waals surface area contributed by atoms with E-state index < -0.39 is 11.4 Å². The van der Waals surface area contributed by atoms with Gasteiger partial charge < -0.3 is 9.52 Å². The fourth-order valence-corrected chi connectivity index (χ4v) is 3.35. The van der Waals surface area contributed by atoms with Crippen molar-refractivity contribution >= 4 is 5.97 Å². The second kappa shape index (κ2) is 5.24. The highest BCUT2D eigenvalue weighted by atomic mass is 16.4. The maximum absolute atomic E-state index is 11.7. The van der Waals surface area contributed by atoms with Crippen LogP contribution in [0.2, 0.25) is 0 Å². The van der Waals surface area contributed by atoms with Crippen LogP contribution in [0.3, 0.4) is 0 Å². The number of carboxylic acid groups (broad SMARTS) is 1. The minimum atomic E-state index is -0.665. The Labute approximate surface area is 120 Å². The van der Waals surface area contributed by atoms with Gasteiger partial charge in [0.05, 0.1) is 5.41 Å². The Hall–Kier alpha value is -1.29. The third-order valence-corrected chi connectivity index (χ3v) is 4.94. The van der Waals surface area contributed by atoms with Gasteiger partial charge in [-0.2, -0.15) is 0 Å². The standard InChI is InChI=1S/C16H25NO3/c1-10(2)16(15(18)19)6-7-17(9-16)12(4)14-8-11(3)20-13(14)5/h8,10,12H,6-7,9H2,1-5H3,(H,18,19). The van der Waals surface area contributed by atoms with E-state index in [-0.39, 0.29) is 12.0 Å². The molecule has 0 amide bonds. The molecule has 0 spiro atoms. The molecule has 2 atom stereocenters. The first-order valence-electron chi connectivity index (χ1n) is 7.32. The third kappa shape index (κ3) is 2.37. The van der Waals surface area contributed by atoms with Crippen LogP contribution in [-0.4, -0.2) is 29.1 Å². The van der Waals surface area contributed by atoms with E-state index in [2.05, 4.69) is 17.9 Å². The number of furan rings is 1. The molecule has 4 nitrogen and oxygen atoms in total. The molecular formula is C16H25NO3. The molecular weight excluding hydrogens is 254 g/mol. The summed E-state index contributed by atoms with van der Waals surface area (Å²) < 4.78 is 5.60. The molecule has 1 N–H and O–H groups in total. The Bertz CT molecular complexity index is 506. The largest absolute Gasteiger partial charge is 0.481 e. The lowest BCUT2D eigenvalue weighted by Crippen LogP contribution is -2.39. The molecule has 0 bridgehead atoms. The van der Waals surface area contributed by atoms with Crippen LogP contribution in [0.15, 0.2) is 10.5 Å². The molecule has 0 aliphatic carbocycles. The Morgan fingerprint density at radius 1 is 1.40 bits per heavy atom. The molecule has 1 saturated heterocycles. The van der Waals surface area contributed by atoms with Crippen LogP contribution in [0, 0.1) is 25.2 Å².